The van der Waals surface area contributed by atoms with Crippen molar-refractivity contribution in [2.24, 2.45) is 0 Å². The number of nitrogens with one attached hydrogen (secondary N) is 1. The zero-order valence-electron chi connectivity index (χ0n) is 11.7. The van der Waals surface area contributed by atoms with Gasteiger partial charge in [-0.05, 0) is 13.0 Å². The molecule has 8 heteroatoms. The molecule has 2 N–H and O–H groups in total. The predicted molar refractivity (Wildman–Crippen MR) is 73.6 cm³/mol. The molecule has 0 aliphatic rings. The highest BCUT2D eigenvalue weighted by Crippen LogP contribution is 2.01. The molecular formula is C13H17N5O3. The zero-order valence-corrected chi connectivity index (χ0v) is 11.7. The third-order valence-electron chi connectivity index (χ3n) is 2.99. The van der Waals surface area contributed by atoms with Crippen molar-refractivity contribution in [2.45, 2.75) is 33.0 Å². The Morgan fingerprint density at radius 1 is 1.38 bits per heavy atom. The second-order valence-corrected chi connectivity index (χ2v) is 4.48. The van der Waals surface area contributed by atoms with E-state index in [1.807, 2.05) is 13.1 Å². The van der Waals surface area contributed by atoms with Gasteiger partial charge in [0, 0.05) is 37.5 Å². The van der Waals surface area contributed by atoms with E-state index >= 15 is 0 Å². The van der Waals surface area contributed by atoms with Crippen LogP contribution in [0.15, 0.2) is 24.7 Å². The lowest BCUT2D eigenvalue weighted by molar-refractivity contribution is -0.121. The van der Waals surface area contributed by atoms with Crippen LogP contribution >= 0.6 is 0 Å². The summed E-state index contributed by atoms with van der Waals surface area (Å²) in [4.78, 5) is 22.6. The molecule has 0 saturated heterocycles. The van der Waals surface area contributed by atoms with E-state index in [1.54, 1.807) is 10.9 Å². The number of carbonyl (C=O) groups excluding carboxylic acids is 1. The van der Waals surface area contributed by atoms with Gasteiger partial charge in [0.25, 0.3) is 0 Å². The highest BCUT2D eigenvalue weighted by molar-refractivity contribution is 5.85. The first-order valence-electron chi connectivity index (χ1n) is 6.63. The van der Waals surface area contributed by atoms with Gasteiger partial charge in [0.15, 0.2) is 0 Å². The molecule has 112 valence electrons. The molecule has 2 aromatic heterocycles. The van der Waals surface area contributed by atoms with Crippen molar-refractivity contribution in [1.82, 2.24) is 24.9 Å². The number of hydrogen-bond acceptors (Lipinski definition) is 4. The maximum Gasteiger partial charge on any atom is 0.354 e. The first-order chi connectivity index (χ1) is 10.1. The molecule has 8 nitrogen and oxygen atoms in total. The Morgan fingerprint density at radius 2 is 2.19 bits per heavy atom. The van der Waals surface area contributed by atoms with Crippen LogP contribution in [0.1, 0.15) is 29.4 Å². The molecule has 0 spiro atoms. The lowest BCUT2D eigenvalue weighted by Crippen LogP contribution is -2.24. The van der Waals surface area contributed by atoms with E-state index in [0.29, 0.717) is 6.54 Å². The Labute approximate surface area is 121 Å². The number of carbonyl (C=O) groups is 2. The van der Waals surface area contributed by atoms with E-state index in [4.69, 9.17) is 5.11 Å². The van der Waals surface area contributed by atoms with Crippen LogP contribution in [-0.4, -0.2) is 36.5 Å². The van der Waals surface area contributed by atoms with Crippen molar-refractivity contribution in [2.75, 3.05) is 0 Å². The molecule has 0 radical (unpaired) electrons. The molecule has 2 aromatic rings. The second-order valence-electron chi connectivity index (χ2n) is 4.48. The largest absolute Gasteiger partial charge is 0.477 e. The third-order valence-corrected chi connectivity index (χ3v) is 2.99. The highest BCUT2D eigenvalue weighted by atomic mass is 16.4. The lowest BCUT2D eigenvalue weighted by atomic mass is 10.3. The summed E-state index contributed by atoms with van der Waals surface area (Å²) in [6.07, 6.45) is 5.15. The number of rotatable bonds is 7. The summed E-state index contributed by atoms with van der Waals surface area (Å²) in [6, 6.07) is 1.40. The zero-order chi connectivity index (χ0) is 15.2. The van der Waals surface area contributed by atoms with E-state index in [2.05, 4.69) is 15.5 Å². The van der Waals surface area contributed by atoms with Gasteiger partial charge in [-0.2, -0.15) is 10.2 Å². The molecule has 0 unspecified atom stereocenters. The number of carboxylic acids is 1. The van der Waals surface area contributed by atoms with Gasteiger partial charge in [-0.3, -0.25) is 14.2 Å². The average Bonchev–Trinajstić information content (AvgIpc) is 3.11. The molecule has 0 aliphatic heterocycles. The van der Waals surface area contributed by atoms with Crippen LogP contribution < -0.4 is 5.32 Å². The number of aromatic carboxylic acids is 1. The monoisotopic (exact) mass is 291 g/mol. The van der Waals surface area contributed by atoms with E-state index in [1.165, 1.54) is 16.9 Å². The molecule has 2 rings (SSSR count). The topological polar surface area (TPSA) is 102 Å². The standard InChI is InChI=1S/C13H17N5O3/c1-2-17-9-10(8-16-17)7-14-12(19)4-6-18-11(13(20)21)3-5-15-18/h3,5,8-9H,2,4,6-7H2,1H3,(H,14,19)(H,20,21). The number of nitrogens with zero attached hydrogens (tertiary/aromatic N) is 4. The number of aryl methyl sites for hydroxylation is 2. The molecule has 0 bridgehead atoms. The van der Waals surface area contributed by atoms with E-state index in [9.17, 15) is 9.59 Å². The second kappa shape index (κ2) is 6.69. The van der Waals surface area contributed by atoms with Crippen LogP contribution in [0, 0.1) is 0 Å². The number of carboxylic acid groups (broad SMARTS) is 1. The summed E-state index contributed by atoms with van der Waals surface area (Å²) in [7, 11) is 0. The average molecular weight is 291 g/mol. The summed E-state index contributed by atoms with van der Waals surface area (Å²) in [5.74, 6) is -1.22. The van der Waals surface area contributed by atoms with Gasteiger partial charge in [-0.25, -0.2) is 4.79 Å². The van der Waals surface area contributed by atoms with Crippen molar-refractivity contribution in [3.8, 4) is 0 Å². The molecule has 0 fully saturated rings. The van der Waals surface area contributed by atoms with Crippen LogP contribution in [-0.2, 0) is 24.4 Å². The highest BCUT2D eigenvalue weighted by Gasteiger charge is 2.11. The fourth-order valence-corrected chi connectivity index (χ4v) is 1.86. The summed E-state index contributed by atoms with van der Waals surface area (Å²) in [6.45, 7) is 3.41. The normalized spacial score (nSPS) is 10.5. The van der Waals surface area contributed by atoms with E-state index < -0.39 is 5.97 Å². The quantitative estimate of drug-likeness (QED) is 0.773. The predicted octanol–water partition coefficient (Wildman–Crippen LogP) is 0.504. The fourth-order valence-electron chi connectivity index (χ4n) is 1.86. The Hall–Kier alpha value is -2.64. The van der Waals surface area contributed by atoms with Gasteiger partial charge in [0.2, 0.25) is 5.91 Å². The minimum atomic E-state index is -1.06. The molecule has 0 aliphatic carbocycles. The lowest BCUT2D eigenvalue weighted by Gasteiger charge is -2.05. The summed E-state index contributed by atoms with van der Waals surface area (Å²) in [5.41, 5.74) is 1.00. The van der Waals surface area contributed by atoms with Crippen molar-refractivity contribution in [1.29, 1.82) is 0 Å². The van der Waals surface area contributed by atoms with Gasteiger partial charge in [0.05, 0.1) is 12.7 Å². The summed E-state index contributed by atoms with van der Waals surface area (Å²) >= 11 is 0. The van der Waals surface area contributed by atoms with Crippen LogP contribution in [0.3, 0.4) is 0 Å². The van der Waals surface area contributed by atoms with Gasteiger partial charge in [0.1, 0.15) is 5.69 Å². The number of amides is 1. The van der Waals surface area contributed by atoms with Crippen molar-refractivity contribution in [3.05, 3.63) is 35.9 Å². The SMILES string of the molecule is CCn1cc(CNC(=O)CCn2nccc2C(=O)O)cn1. The van der Waals surface area contributed by atoms with Crippen LogP contribution in [0.2, 0.25) is 0 Å². The number of aromatic nitrogens is 4. The molecular weight excluding hydrogens is 274 g/mol. The van der Waals surface area contributed by atoms with Gasteiger partial charge < -0.3 is 10.4 Å². The number of hydrogen-bond donors (Lipinski definition) is 2. The van der Waals surface area contributed by atoms with Crippen molar-refractivity contribution < 1.29 is 14.7 Å². The van der Waals surface area contributed by atoms with Crippen molar-refractivity contribution >= 4 is 11.9 Å². The Kier molecular flexibility index (Phi) is 4.70. The maximum absolute atomic E-state index is 11.7. The van der Waals surface area contributed by atoms with E-state index in [-0.39, 0.29) is 24.6 Å². The molecule has 21 heavy (non-hydrogen) atoms. The third kappa shape index (κ3) is 3.91. The Morgan fingerprint density at radius 3 is 2.86 bits per heavy atom. The fraction of sp³-hybridized carbons (Fsp3) is 0.385. The van der Waals surface area contributed by atoms with Gasteiger partial charge >= 0.3 is 5.97 Å². The van der Waals surface area contributed by atoms with E-state index in [0.717, 1.165) is 12.1 Å². The van der Waals surface area contributed by atoms with Gasteiger partial charge in [-0.15, -0.1) is 0 Å². The maximum atomic E-state index is 11.7. The van der Waals surface area contributed by atoms with Crippen LogP contribution in [0.4, 0.5) is 0 Å². The van der Waals surface area contributed by atoms with Gasteiger partial charge in [-0.1, -0.05) is 0 Å². The Bertz CT molecular complexity index is 631. The summed E-state index contributed by atoms with van der Waals surface area (Å²) in [5, 5.41) is 19.7. The molecule has 0 saturated carbocycles. The summed E-state index contributed by atoms with van der Waals surface area (Å²) < 4.78 is 3.08. The first kappa shape index (κ1) is 14.8. The minimum Gasteiger partial charge on any atom is -0.477 e. The first-order valence-corrected chi connectivity index (χ1v) is 6.63. The van der Waals surface area contributed by atoms with Crippen LogP contribution in [0.25, 0.3) is 0 Å². The van der Waals surface area contributed by atoms with Crippen molar-refractivity contribution in [3.63, 3.8) is 0 Å². The Balaban J connectivity index is 1.79. The minimum absolute atomic E-state index is 0.0759. The molecule has 0 aromatic carbocycles. The molecule has 1 amide bonds. The molecule has 0 atom stereocenters. The smallest absolute Gasteiger partial charge is 0.354 e. The van der Waals surface area contributed by atoms with Crippen LogP contribution in [0.5, 0.6) is 0 Å². The molecule has 2 heterocycles.